The fraction of sp³-hybridized carbons (Fsp3) is 0.250. The van der Waals surface area contributed by atoms with Crippen LogP contribution in [0.3, 0.4) is 0 Å². The summed E-state index contributed by atoms with van der Waals surface area (Å²) < 4.78 is 58.1. The van der Waals surface area contributed by atoms with Gasteiger partial charge in [-0.05, 0) is 48.9 Å². The Labute approximate surface area is 148 Å². The molecule has 0 aliphatic carbocycles. The smallest absolute Gasteiger partial charge is 0.261 e. The molecule has 2 rings (SSSR count). The Morgan fingerprint density at radius 3 is 2.00 bits per heavy atom. The number of hydrogen-bond acceptors (Lipinski definition) is 5. The zero-order valence-electron chi connectivity index (χ0n) is 14.3. The van der Waals surface area contributed by atoms with Gasteiger partial charge in [0.2, 0.25) is 10.0 Å². The maximum absolute atomic E-state index is 12.5. The lowest BCUT2D eigenvalue weighted by Gasteiger charge is -2.15. The summed E-state index contributed by atoms with van der Waals surface area (Å²) in [6, 6.07) is 10.2. The molecular formula is C16H20N2O5S2. The summed E-state index contributed by atoms with van der Waals surface area (Å²) in [5.41, 5.74) is 0.813. The van der Waals surface area contributed by atoms with Crippen molar-refractivity contribution < 1.29 is 21.6 Å². The minimum Gasteiger partial charge on any atom is -0.497 e. The number of ether oxygens (including phenoxy) is 1. The number of methoxy groups -OCH3 is 1. The number of nitrogens with one attached hydrogen (secondary N) is 1. The second kappa shape index (κ2) is 7.03. The van der Waals surface area contributed by atoms with Crippen LogP contribution in [0.25, 0.3) is 0 Å². The molecule has 2 aromatic carbocycles. The van der Waals surface area contributed by atoms with Crippen molar-refractivity contribution in [1.29, 1.82) is 0 Å². The maximum Gasteiger partial charge on any atom is 0.261 e. The molecule has 2 aromatic rings. The first-order chi connectivity index (χ1) is 11.6. The SMILES string of the molecule is COc1ccc(S(=O)(=O)Nc2cc(S(=O)(=O)N(C)C)ccc2C)cc1. The quantitative estimate of drug-likeness (QED) is 0.823. The highest BCUT2D eigenvalue weighted by molar-refractivity contribution is 7.92. The molecule has 9 heteroatoms. The molecule has 0 amide bonds. The molecular weight excluding hydrogens is 364 g/mol. The molecule has 0 aromatic heterocycles. The molecule has 0 aliphatic heterocycles. The topological polar surface area (TPSA) is 92.8 Å². The van der Waals surface area contributed by atoms with Crippen molar-refractivity contribution in [2.75, 3.05) is 25.9 Å². The van der Waals surface area contributed by atoms with Crippen LogP contribution in [0.4, 0.5) is 5.69 Å². The predicted octanol–water partition coefficient (Wildman–Crippen LogP) is 2.05. The van der Waals surface area contributed by atoms with Crippen molar-refractivity contribution in [3.63, 3.8) is 0 Å². The summed E-state index contributed by atoms with van der Waals surface area (Å²) in [6.45, 7) is 1.69. The minimum atomic E-state index is -3.86. The van der Waals surface area contributed by atoms with Gasteiger partial charge in [-0.1, -0.05) is 6.07 Å². The minimum absolute atomic E-state index is 0.00975. The van der Waals surface area contributed by atoms with Crippen molar-refractivity contribution >= 4 is 25.7 Å². The molecule has 7 nitrogen and oxygen atoms in total. The Morgan fingerprint density at radius 2 is 1.48 bits per heavy atom. The summed E-state index contributed by atoms with van der Waals surface area (Å²) in [7, 11) is -3.21. The van der Waals surface area contributed by atoms with E-state index < -0.39 is 20.0 Å². The number of aryl methyl sites for hydroxylation is 1. The van der Waals surface area contributed by atoms with Crippen LogP contribution in [0.1, 0.15) is 5.56 Å². The number of nitrogens with zero attached hydrogens (tertiary/aromatic N) is 1. The normalized spacial score (nSPS) is 12.2. The van der Waals surface area contributed by atoms with Crippen molar-refractivity contribution in [3.05, 3.63) is 48.0 Å². The lowest BCUT2D eigenvalue weighted by atomic mass is 10.2. The second-order valence-corrected chi connectivity index (χ2v) is 9.38. The summed E-state index contributed by atoms with van der Waals surface area (Å²) in [5, 5.41) is 0. The van der Waals surface area contributed by atoms with E-state index in [1.165, 1.54) is 57.6 Å². The fourth-order valence-electron chi connectivity index (χ4n) is 2.04. The molecule has 0 unspecified atom stereocenters. The van der Waals surface area contributed by atoms with Gasteiger partial charge in [-0.25, -0.2) is 21.1 Å². The van der Waals surface area contributed by atoms with E-state index in [0.29, 0.717) is 11.3 Å². The van der Waals surface area contributed by atoms with Crippen LogP contribution in [-0.4, -0.2) is 42.3 Å². The lowest BCUT2D eigenvalue weighted by molar-refractivity contribution is 0.414. The van der Waals surface area contributed by atoms with E-state index in [4.69, 9.17) is 4.74 Å². The van der Waals surface area contributed by atoms with E-state index in [2.05, 4.69) is 4.72 Å². The summed E-state index contributed by atoms with van der Waals surface area (Å²) >= 11 is 0. The molecule has 0 fully saturated rings. The Kier molecular flexibility index (Phi) is 5.40. The molecule has 25 heavy (non-hydrogen) atoms. The zero-order chi connectivity index (χ0) is 18.8. The summed E-state index contributed by atoms with van der Waals surface area (Å²) in [6.07, 6.45) is 0. The number of sulfonamides is 2. The van der Waals surface area contributed by atoms with E-state index in [1.807, 2.05) is 0 Å². The molecule has 1 N–H and O–H groups in total. The summed E-state index contributed by atoms with van der Waals surface area (Å²) in [5.74, 6) is 0.536. The van der Waals surface area contributed by atoms with Crippen molar-refractivity contribution in [2.45, 2.75) is 16.7 Å². The number of benzene rings is 2. The van der Waals surface area contributed by atoms with E-state index in [0.717, 1.165) is 4.31 Å². The van der Waals surface area contributed by atoms with Crippen LogP contribution < -0.4 is 9.46 Å². The monoisotopic (exact) mass is 384 g/mol. The van der Waals surface area contributed by atoms with Gasteiger partial charge in [-0.3, -0.25) is 4.72 Å². The van der Waals surface area contributed by atoms with Crippen LogP contribution in [0, 0.1) is 6.92 Å². The van der Waals surface area contributed by atoms with E-state index in [9.17, 15) is 16.8 Å². The highest BCUT2D eigenvalue weighted by Gasteiger charge is 2.20. The van der Waals surface area contributed by atoms with Crippen LogP contribution in [0.5, 0.6) is 5.75 Å². The van der Waals surface area contributed by atoms with Gasteiger partial charge < -0.3 is 4.74 Å². The van der Waals surface area contributed by atoms with Gasteiger partial charge in [0.15, 0.2) is 0 Å². The maximum atomic E-state index is 12.5. The molecule has 0 saturated carbocycles. The molecule has 0 bridgehead atoms. The first kappa shape index (κ1) is 19.2. The van der Waals surface area contributed by atoms with Gasteiger partial charge in [0.05, 0.1) is 22.6 Å². The van der Waals surface area contributed by atoms with Gasteiger partial charge in [-0.15, -0.1) is 0 Å². The Balaban J connectivity index is 2.41. The second-order valence-electron chi connectivity index (χ2n) is 5.55. The van der Waals surface area contributed by atoms with Crippen molar-refractivity contribution in [1.82, 2.24) is 4.31 Å². The van der Waals surface area contributed by atoms with Crippen LogP contribution in [0.2, 0.25) is 0 Å². The average Bonchev–Trinajstić information content (AvgIpc) is 2.56. The van der Waals surface area contributed by atoms with Crippen molar-refractivity contribution in [3.8, 4) is 5.75 Å². The molecule has 0 radical (unpaired) electrons. The first-order valence-electron chi connectivity index (χ1n) is 7.28. The Morgan fingerprint density at radius 1 is 0.920 bits per heavy atom. The van der Waals surface area contributed by atoms with Crippen molar-refractivity contribution in [2.24, 2.45) is 0 Å². The third-order valence-corrected chi connectivity index (χ3v) is 6.79. The largest absolute Gasteiger partial charge is 0.497 e. The standard InChI is InChI=1S/C16H20N2O5S2/c1-12-5-8-15(25(21,22)18(2)3)11-16(12)17-24(19,20)14-9-6-13(23-4)7-10-14/h5-11,17H,1-4H3. The third-order valence-electron chi connectivity index (χ3n) is 3.60. The van der Waals surface area contributed by atoms with Gasteiger partial charge >= 0.3 is 0 Å². The lowest BCUT2D eigenvalue weighted by Crippen LogP contribution is -2.22. The average molecular weight is 384 g/mol. The predicted molar refractivity (Wildman–Crippen MR) is 95.9 cm³/mol. The van der Waals surface area contributed by atoms with Gasteiger partial charge in [0, 0.05) is 14.1 Å². The molecule has 0 aliphatic rings. The number of rotatable bonds is 6. The zero-order valence-corrected chi connectivity index (χ0v) is 16.0. The first-order valence-corrected chi connectivity index (χ1v) is 10.2. The van der Waals surface area contributed by atoms with E-state index in [1.54, 1.807) is 13.0 Å². The Bertz CT molecular complexity index is 966. The Hall–Kier alpha value is -2.10. The van der Waals surface area contributed by atoms with Gasteiger partial charge in [0.25, 0.3) is 10.0 Å². The van der Waals surface area contributed by atoms with Gasteiger partial charge in [-0.2, -0.15) is 0 Å². The number of hydrogen-bond donors (Lipinski definition) is 1. The fourth-order valence-corrected chi connectivity index (χ4v) is 4.09. The third kappa shape index (κ3) is 4.12. The molecule has 0 atom stereocenters. The molecule has 136 valence electrons. The van der Waals surface area contributed by atoms with Gasteiger partial charge in [0.1, 0.15) is 5.75 Å². The molecule has 0 saturated heterocycles. The molecule has 0 heterocycles. The molecule has 0 spiro atoms. The highest BCUT2D eigenvalue weighted by Crippen LogP contribution is 2.25. The van der Waals surface area contributed by atoms with E-state index in [-0.39, 0.29) is 15.5 Å². The summed E-state index contributed by atoms with van der Waals surface area (Å²) in [4.78, 5) is 0.0594. The number of anilines is 1. The van der Waals surface area contributed by atoms with E-state index >= 15 is 0 Å². The van der Waals surface area contributed by atoms with Crippen LogP contribution in [0.15, 0.2) is 52.3 Å². The highest BCUT2D eigenvalue weighted by atomic mass is 32.2. The van der Waals surface area contributed by atoms with Crippen LogP contribution in [-0.2, 0) is 20.0 Å². The van der Waals surface area contributed by atoms with Crippen LogP contribution >= 0.6 is 0 Å².